The molecule has 0 saturated carbocycles. The second-order valence-corrected chi connectivity index (χ2v) is 7.08. The molecule has 3 rings (SSSR count). The minimum absolute atomic E-state index is 0.0918. The molecule has 2 atom stereocenters. The van der Waals surface area contributed by atoms with Crippen molar-refractivity contribution in [3.05, 3.63) is 23.7 Å². The third-order valence-corrected chi connectivity index (χ3v) is 5.69. The lowest BCUT2D eigenvalue weighted by Crippen LogP contribution is -2.45. The summed E-state index contributed by atoms with van der Waals surface area (Å²) in [5, 5.41) is 0. The molecule has 1 spiro atoms. The first-order valence-electron chi connectivity index (χ1n) is 7.21. The number of hydrogen-bond acceptors (Lipinski definition) is 4. The molecular formula is C15H23NO2S. The Kier molecular flexibility index (Phi) is 3.92. The maximum absolute atomic E-state index is 6.48. The molecule has 0 bridgehead atoms. The summed E-state index contributed by atoms with van der Waals surface area (Å²) in [6.07, 6.45) is 6.30. The Hall–Kier alpha value is -0.450. The van der Waals surface area contributed by atoms with Crippen LogP contribution in [0.2, 0.25) is 0 Å². The predicted octanol–water partition coefficient (Wildman–Crippen LogP) is 3.28. The van der Waals surface area contributed by atoms with Gasteiger partial charge in [-0.2, -0.15) is 11.8 Å². The van der Waals surface area contributed by atoms with Gasteiger partial charge < -0.3 is 14.9 Å². The minimum Gasteiger partial charge on any atom is -0.469 e. The molecule has 3 nitrogen and oxygen atoms in total. The molecule has 0 aromatic carbocycles. The quantitative estimate of drug-likeness (QED) is 0.903. The highest BCUT2D eigenvalue weighted by Crippen LogP contribution is 2.43. The third kappa shape index (κ3) is 2.71. The molecule has 106 valence electrons. The van der Waals surface area contributed by atoms with Crippen LogP contribution in [-0.2, 0) is 4.74 Å². The molecule has 0 radical (unpaired) electrons. The van der Waals surface area contributed by atoms with E-state index in [1.165, 1.54) is 29.9 Å². The number of furan rings is 1. The first kappa shape index (κ1) is 13.5. The number of rotatable bonds is 2. The largest absolute Gasteiger partial charge is 0.469 e. The van der Waals surface area contributed by atoms with Crippen LogP contribution < -0.4 is 5.73 Å². The van der Waals surface area contributed by atoms with Crippen LogP contribution in [0.1, 0.15) is 43.0 Å². The molecule has 4 heteroatoms. The lowest BCUT2D eigenvalue weighted by atomic mass is 9.77. The zero-order chi connectivity index (χ0) is 13.3. The van der Waals surface area contributed by atoms with Gasteiger partial charge in [-0.1, -0.05) is 0 Å². The van der Waals surface area contributed by atoms with Crippen molar-refractivity contribution in [1.82, 2.24) is 0 Å². The summed E-state index contributed by atoms with van der Waals surface area (Å²) in [4.78, 5) is 0. The maximum atomic E-state index is 6.48. The monoisotopic (exact) mass is 281 g/mol. The highest BCUT2D eigenvalue weighted by molar-refractivity contribution is 7.99. The van der Waals surface area contributed by atoms with Crippen LogP contribution in [0.15, 0.2) is 16.7 Å². The van der Waals surface area contributed by atoms with Gasteiger partial charge in [0.15, 0.2) is 0 Å². The van der Waals surface area contributed by atoms with E-state index < -0.39 is 0 Å². The lowest BCUT2D eigenvalue weighted by Gasteiger charge is -2.44. The Bertz CT molecular complexity index is 420. The molecule has 1 aromatic heterocycles. The van der Waals surface area contributed by atoms with Crippen LogP contribution in [0, 0.1) is 12.8 Å². The van der Waals surface area contributed by atoms with E-state index in [2.05, 4.69) is 0 Å². The van der Waals surface area contributed by atoms with E-state index in [0.29, 0.717) is 5.92 Å². The first-order valence-corrected chi connectivity index (χ1v) is 8.37. The van der Waals surface area contributed by atoms with E-state index in [1.807, 2.05) is 24.8 Å². The van der Waals surface area contributed by atoms with Crippen molar-refractivity contribution in [2.24, 2.45) is 11.7 Å². The highest BCUT2D eigenvalue weighted by Gasteiger charge is 2.40. The summed E-state index contributed by atoms with van der Waals surface area (Å²) in [5.41, 5.74) is 7.77. The fourth-order valence-electron chi connectivity index (χ4n) is 3.46. The standard InChI is InChI=1S/C15H23NO2S/c1-11-13(3-6-17-11)14(16)12-2-7-18-15(10-12)4-8-19-9-5-15/h3,6,12,14H,2,4-5,7-10,16H2,1H3. The molecule has 2 aliphatic heterocycles. The van der Waals surface area contributed by atoms with Gasteiger partial charge in [0.05, 0.1) is 11.9 Å². The molecule has 0 aliphatic carbocycles. The number of nitrogens with two attached hydrogens (primary N) is 1. The van der Waals surface area contributed by atoms with E-state index in [1.54, 1.807) is 6.26 Å². The lowest BCUT2D eigenvalue weighted by molar-refractivity contribution is -0.105. The van der Waals surface area contributed by atoms with E-state index in [9.17, 15) is 0 Å². The number of thioether (sulfide) groups is 1. The topological polar surface area (TPSA) is 48.4 Å². The van der Waals surface area contributed by atoms with Crippen molar-refractivity contribution in [2.75, 3.05) is 18.1 Å². The van der Waals surface area contributed by atoms with Crippen molar-refractivity contribution < 1.29 is 9.15 Å². The molecule has 3 heterocycles. The van der Waals surface area contributed by atoms with Gasteiger partial charge in [0.25, 0.3) is 0 Å². The molecule has 2 aliphatic rings. The van der Waals surface area contributed by atoms with Gasteiger partial charge in [-0.3, -0.25) is 0 Å². The molecule has 0 amide bonds. The Balaban J connectivity index is 1.72. The van der Waals surface area contributed by atoms with Crippen LogP contribution in [-0.4, -0.2) is 23.7 Å². The summed E-state index contributed by atoms with van der Waals surface area (Å²) >= 11 is 2.05. The van der Waals surface area contributed by atoms with E-state index >= 15 is 0 Å². The maximum Gasteiger partial charge on any atom is 0.105 e. The minimum atomic E-state index is 0.0918. The van der Waals surface area contributed by atoms with Gasteiger partial charge in [-0.05, 0) is 56.1 Å². The zero-order valence-corrected chi connectivity index (χ0v) is 12.4. The van der Waals surface area contributed by atoms with Crippen molar-refractivity contribution >= 4 is 11.8 Å². The Morgan fingerprint density at radius 1 is 1.42 bits per heavy atom. The highest BCUT2D eigenvalue weighted by atomic mass is 32.2. The normalized spacial score (nSPS) is 28.4. The van der Waals surface area contributed by atoms with Gasteiger partial charge in [0, 0.05) is 18.2 Å². The molecule has 1 aromatic rings. The summed E-state index contributed by atoms with van der Waals surface area (Å²) in [7, 11) is 0. The van der Waals surface area contributed by atoms with Crippen LogP contribution in [0.25, 0.3) is 0 Å². The fraction of sp³-hybridized carbons (Fsp3) is 0.733. The van der Waals surface area contributed by atoms with Gasteiger partial charge in [0.2, 0.25) is 0 Å². The summed E-state index contributed by atoms with van der Waals surface area (Å²) in [6.45, 7) is 2.86. The third-order valence-electron chi connectivity index (χ3n) is 4.70. The van der Waals surface area contributed by atoms with Gasteiger partial charge in [0.1, 0.15) is 5.76 Å². The average Bonchev–Trinajstić information content (AvgIpc) is 2.85. The first-order chi connectivity index (χ1) is 9.20. The second kappa shape index (κ2) is 5.51. The van der Waals surface area contributed by atoms with Crippen LogP contribution in [0.5, 0.6) is 0 Å². The predicted molar refractivity (Wildman–Crippen MR) is 78.3 cm³/mol. The molecular weight excluding hydrogens is 258 g/mol. The summed E-state index contributed by atoms with van der Waals surface area (Å²) in [6, 6.07) is 2.12. The van der Waals surface area contributed by atoms with Crippen LogP contribution >= 0.6 is 11.8 Å². The molecule has 2 N–H and O–H groups in total. The van der Waals surface area contributed by atoms with Crippen LogP contribution in [0.3, 0.4) is 0 Å². The van der Waals surface area contributed by atoms with Crippen molar-refractivity contribution in [3.8, 4) is 0 Å². The summed E-state index contributed by atoms with van der Waals surface area (Å²) < 4.78 is 11.5. The second-order valence-electron chi connectivity index (χ2n) is 5.85. The van der Waals surface area contributed by atoms with Crippen molar-refractivity contribution in [1.29, 1.82) is 0 Å². The van der Waals surface area contributed by atoms with E-state index in [-0.39, 0.29) is 11.6 Å². The molecule has 19 heavy (non-hydrogen) atoms. The van der Waals surface area contributed by atoms with Crippen LogP contribution in [0.4, 0.5) is 0 Å². The van der Waals surface area contributed by atoms with E-state index in [0.717, 1.165) is 25.2 Å². The van der Waals surface area contributed by atoms with Gasteiger partial charge in [-0.25, -0.2) is 0 Å². The smallest absolute Gasteiger partial charge is 0.105 e. The number of aryl methyl sites for hydroxylation is 1. The average molecular weight is 281 g/mol. The van der Waals surface area contributed by atoms with E-state index in [4.69, 9.17) is 14.9 Å². The SMILES string of the molecule is Cc1occc1C(N)C1CCOC2(CCSCC2)C1. The number of ether oxygens (including phenoxy) is 1. The Labute approximate surface area is 119 Å². The van der Waals surface area contributed by atoms with Gasteiger partial charge in [-0.15, -0.1) is 0 Å². The Morgan fingerprint density at radius 3 is 2.89 bits per heavy atom. The summed E-state index contributed by atoms with van der Waals surface area (Å²) in [5.74, 6) is 3.94. The zero-order valence-electron chi connectivity index (χ0n) is 11.6. The Morgan fingerprint density at radius 2 is 2.21 bits per heavy atom. The van der Waals surface area contributed by atoms with Crippen molar-refractivity contribution in [2.45, 2.75) is 44.2 Å². The van der Waals surface area contributed by atoms with Gasteiger partial charge >= 0.3 is 0 Å². The van der Waals surface area contributed by atoms with Crippen molar-refractivity contribution in [3.63, 3.8) is 0 Å². The molecule has 2 saturated heterocycles. The molecule has 2 unspecified atom stereocenters. The number of hydrogen-bond donors (Lipinski definition) is 1. The molecule has 2 fully saturated rings. The fourth-order valence-corrected chi connectivity index (χ4v) is 4.70.